The molecule has 0 aliphatic heterocycles. The summed E-state index contributed by atoms with van der Waals surface area (Å²) in [6.45, 7) is 2.75. The average molecular weight is 328 g/mol. The molecular formula is C20H34F2O. The number of unbranched alkanes of at least 4 members (excludes halogenated alkanes) is 2. The van der Waals surface area contributed by atoms with Crippen LogP contribution in [0, 0.1) is 17.3 Å². The summed E-state index contributed by atoms with van der Waals surface area (Å²) in [5.74, 6) is 1.54. The maximum absolute atomic E-state index is 12.3. The fraction of sp³-hybridized carbons (Fsp3) is 0.900. The molecule has 0 amide bonds. The summed E-state index contributed by atoms with van der Waals surface area (Å²) in [5.41, 5.74) is 0.160. The van der Waals surface area contributed by atoms with Crippen LogP contribution in [0.2, 0.25) is 0 Å². The van der Waals surface area contributed by atoms with E-state index in [0.717, 1.165) is 5.92 Å². The molecule has 3 heteroatoms. The third-order valence-corrected chi connectivity index (χ3v) is 6.33. The lowest BCUT2D eigenvalue weighted by molar-refractivity contribution is -0.0148. The quantitative estimate of drug-likeness (QED) is 0.342. The molecule has 2 aliphatic carbocycles. The van der Waals surface area contributed by atoms with Gasteiger partial charge in [0, 0.05) is 5.41 Å². The van der Waals surface area contributed by atoms with Gasteiger partial charge in [0.25, 0.3) is 0 Å². The predicted molar refractivity (Wildman–Crippen MR) is 91.4 cm³/mol. The molecule has 23 heavy (non-hydrogen) atoms. The third-order valence-electron chi connectivity index (χ3n) is 6.33. The molecule has 0 N–H and O–H groups in total. The molecule has 0 aromatic carbocycles. The van der Waals surface area contributed by atoms with Crippen LogP contribution in [0.5, 0.6) is 0 Å². The molecule has 0 aromatic heterocycles. The number of rotatable bonds is 8. The Morgan fingerprint density at radius 3 is 2.35 bits per heavy atom. The SMILES string of the molecule is CCCCCC1CCC(COC=C(F)F)(C2CCCCC2)CC1. The molecule has 0 aromatic rings. The topological polar surface area (TPSA) is 9.23 Å². The first kappa shape index (κ1) is 18.7. The van der Waals surface area contributed by atoms with Gasteiger partial charge in [-0.2, -0.15) is 8.78 Å². The fourth-order valence-electron chi connectivity index (χ4n) is 4.88. The summed E-state index contributed by atoms with van der Waals surface area (Å²) in [6.07, 6.45) is 15.7. The molecule has 0 radical (unpaired) electrons. The highest BCUT2D eigenvalue weighted by Crippen LogP contribution is 2.50. The molecule has 0 unspecified atom stereocenters. The lowest BCUT2D eigenvalue weighted by Gasteiger charge is -2.46. The molecule has 0 bridgehead atoms. The van der Waals surface area contributed by atoms with Gasteiger partial charge >= 0.3 is 6.08 Å². The maximum atomic E-state index is 12.3. The molecule has 2 fully saturated rings. The van der Waals surface area contributed by atoms with Crippen LogP contribution < -0.4 is 0 Å². The number of hydrogen-bond acceptors (Lipinski definition) is 1. The molecule has 1 nitrogen and oxygen atoms in total. The van der Waals surface area contributed by atoms with Crippen LogP contribution in [0.25, 0.3) is 0 Å². The second-order valence-corrected chi connectivity index (χ2v) is 7.85. The average Bonchev–Trinajstić information content (AvgIpc) is 2.57. The Kier molecular flexibility index (Phi) is 7.85. The lowest BCUT2D eigenvalue weighted by Crippen LogP contribution is -2.39. The van der Waals surface area contributed by atoms with E-state index in [1.54, 1.807) is 0 Å². The lowest BCUT2D eigenvalue weighted by atomic mass is 9.60. The summed E-state index contributed by atoms with van der Waals surface area (Å²) >= 11 is 0. The van der Waals surface area contributed by atoms with Gasteiger partial charge in [0.05, 0.1) is 6.61 Å². The van der Waals surface area contributed by atoms with Crippen LogP contribution in [0.15, 0.2) is 12.3 Å². The van der Waals surface area contributed by atoms with Gasteiger partial charge in [0.2, 0.25) is 0 Å². The fourth-order valence-corrected chi connectivity index (χ4v) is 4.88. The Hall–Kier alpha value is -0.600. The van der Waals surface area contributed by atoms with Gasteiger partial charge in [-0.25, -0.2) is 0 Å². The second-order valence-electron chi connectivity index (χ2n) is 7.85. The zero-order chi connectivity index (χ0) is 16.5. The van der Waals surface area contributed by atoms with E-state index in [9.17, 15) is 8.78 Å². The number of hydrogen-bond donors (Lipinski definition) is 0. The van der Waals surface area contributed by atoms with Crippen LogP contribution in [-0.2, 0) is 4.74 Å². The normalized spacial score (nSPS) is 29.3. The third kappa shape index (κ3) is 5.76. The number of halogens is 2. The van der Waals surface area contributed by atoms with Crippen molar-refractivity contribution in [1.29, 1.82) is 0 Å². The minimum Gasteiger partial charge on any atom is -0.495 e. The van der Waals surface area contributed by atoms with Crippen LogP contribution in [0.3, 0.4) is 0 Å². The Bertz CT molecular complexity index is 349. The smallest absolute Gasteiger partial charge is 0.304 e. The molecular weight excluding hydrogens is 294 g/mol. The molecule has 2 rings (SSSR count). The number of ether oxygens (including phenoxy) is 1. The van der Waals surface area contributed by atoms with E-state index in [-0.39, 0.29) is 5.41 Å². The van der Waals surface area contributed by atoms with Gasteiger partial charge in [0.15, 0.2) is 0 Å². The van der Waals surface area contributed by atoms with Gasteiger partial charge < -0.3 is 4.74 Å². The van der Waals surface area contributed by atoms with E-state index in [4.69, 9.17) is 4.74 Å². The molecule has 0 atom stereocenters. The van der Waals surface area contributed by atoms with Gasteiger partial charge in [0.1, 0.15) is 6.26 Å². The Labute approximate surface area is 140 Å². The van der Waals surface area contributed by atoms with Crippen molar-refractivity contribution >= 4 is 0 Å². The van der Waals surface area contributed by atoms with Crippen molar-refractivity contribution in [2.45, 2.75) is 90.4 Å². The first-order chi connectivity index (χ1) is 11.2. The Morgan fingerprint density at radius 2 is 1.74 bits per heavy atom. The van der Waals surface area contributed by atoms with Crippen LogP contribution in [-0.4, -0.2) is 6.61 Å². The molecule has 0 saturated heterocycles. The van der Waals surface area contributed by atoms with E-state index in [1.165, 1.54) is 83.5 Å². The van der Waals surface area contributed by atoms with E-state index < -0.39 is 6.08 Å². The zero-order valence-corrected chi connectivity index (χ0v) is 14.8. The summed E-state index contributed by atoms with van der Waals surface area (Å²) in [5, 5.41) is 0. The highest BCUT2D eigenvalue weighted by atomic mass is 19.3. The van der Waals surface area contributed by atoms with Crippen molar-refractivity contribution in [3.63, 3.8) is 0 Å². The predicted octanol–water partition coefficient (Wildman–Crippen LogP) is 7.08. The van der Waals surface area contributed by atoms with Crippen LogP contribution in [0.1, 0.15) is 90.4 Å². The van der Waals surface area contributed by atoms with E-state index in [2.05, 4.69) is 6.92 Å². The van der Waals surface area contributed by atoms with Crippen LogP contribution in [0.4, 0.5) is 8.78 Å². The van der Waals surface area contributed by atoms with Crippen LogP contribution >= 0.6 is 0 Å². The largest absolute Gasteiger partial charge is 0.495 e. The highest BCUT2D eigenvalue weighted by Gasteiger charge is 2.42. The van der Waals surface area contributed by atoms with Gasteiger partial charge in [-0.3, -0.25) is 0 Å². The Balaban J connectivity index is 1.91. The standard InChI is InChI=1S/C20H34F2O/c1-2-3-5-8-17-11-13-20(14-12-17,16-23-15-19(21)22)18-9-6-4-7-10-18/h15,17-18H,2-14,16H2,1H3. The second kappa shape index (κ2) is 9.64. The van der Waals surface area contributed by atoms with Gasteiger partial charge in [-0.05, 0) is 50.4 Å². The molecule has 134 valence electrons. The molecule has 0 spiro atoms. The first-order valence-electron chi connectivity index (χ1n) is 9.79. The van der Waals surface area contributed by atoms with E-state index in [0.29, 0.717) is 18.8 Å². The molecule has 2 saturated carbocycles. The molecule has 0 heterocycles. The van der Waals surface area contributed by atoms with Gasteiger partial charge in [-0.15, -0.1) is 0 Å². The summed E-state index contributed by atoms with van der Waals surface area (Å²) < 4.78 is 30.0. The van der Waals surface area contributed by atoms with E-state index in [1.807, 2.05) is 0 Å². The van der Waals surface area contributed by atoms with Gasteiger partial charge in [-0.1, -0.05) is 51.9 Å². The summed E-state index contributed by atoms with van der Waals surface area (Å²) in [4.78, 5) is 0. The monoisotopic (exact) mass is 328 g/mol. The molecule has 2 aliphatic rings. The zero-order valence-electron chi connectivity index (χ0n) is 14.8. The maximum Gasteiger partial charge on any atom is 0.304 e. The summed E-state index contributed by atoms with van der Waals surface area (Å²) in [6, 6.07) is 0. The van der Waals surface area contributed by atoms with E-state index >= 15 is 0 Å². The minimum absolute atomic E-state index is 0.160. The van der Waals surface area contributed by atoms with Crippen molar-refractivity contribution in [1.82, 2.24) is 0 Å². The van der Waals surface area contributed by atoms with Crippen molar-refractivity contribution in [2.75, 3.05) is 6.61 Å². The Morgan fingerprint density at radius 1 is 1.04 bits per heavy atom. The summed E-state index contributed by atoms with van der Waals surface area (Å²) in [7, 11) is 0. The highest BCUT2D eigenvalue weighted by molar-refractivity contribution is 4.93. The van der Waals surface area contributed by atoms with Crippen molar-refractivity contribution in [3.8, 4) is 0 Å². The van der Waals surface area contributed by atoms with Crippen molar-refractivity contribution in [3.05, 3.63) is 12.3 Å². The minimum atomic E-state index is -1.71. The van der Waals surface area contributed by atoms with Crippen molar-refractivity contribution in [2.24, 2.45) is 17.3 Å². The van der Waals surface area contributed by atoms with Crippen molar-refractivity contribution < 1.29 is 13.5 Å². The first-order valence-corrected chi connectivity index (χ1v) is 9.79.